The zero-order chi connectivity index (χ0) is 30.7. The molecule has 16 nitrogen and oxygen atoms in total. The standard InChI is InChI=1S/C25H35N7O9/c1-12(21(36)31-18(25(40)41)8-15-9-27-11-28-15)29-23(38)19(10-33)32-22(37)17(30-24(39)20(26)13(2)34)7-14-3-5-16(35)6-4-14/h3-6,9,11-13,17-20,33-35H,7-8,10,26H2,1-2H3,(H,27,28)(H,29,38)(H,30,39)(H,31,36)(H,32,37)(H,40,41)/t12-,13+,17-,18-,19-,20-/m0/s1. The molecule has 11 N–H and O–H groups in total. The molecule has 0 bridgehead atoms. The van der Waals surface area contributed by atoms with Crippen LogP contribution in [0.2, 0.25) is 0 Å². The maximum atomic E-state index is 13.1. The third-order valence-corrected chi connectivity index (χ3v) is 5.98. The summed E-state index contributed by atoms with van der Waals surface area (Å²) in [6.45, 7) is 1.69. The van der Waals surface area contributed by atoms with E-state index >= 15 is 0 Å². The van der Waals surface area contributed by atoms with Gasteiger partial charge in [0.25, 0.3) is 0 Å². The lowest BCUT2D eigenvalue weighted by molar-refractivity contribution is -0.142. The third-order valence-electron chi connectivity index (χ3n) is 5.98. The molecule has 1 aromatic carbocycles. The number of rotatable bonds is 15. The van der Waals surface area contributed by atoms with E-state index in [2.05, 4.69) is 31.2 Å². The van der Waals surface area contributed by atoms with E-state index in [1.54, 1.807) is 0 Å². The molecular formula is C25H35N7O9. The lowest BCUT2D eigenvalue weighted by Crippen LogP contribution is -2.60. The minimum absolute atomic E-state index is 0.0269. The molecule has 0 fully saturated rings. The van der Waals surface area contributed by atoms with Gasteiger partial charge in [-0.2, -0.15) is 0 Å². The first kappa shape index (κ1) is 32.7. The van der Waals surface area contributed by atoms with Gasteiger partial charge in [-0.3, -0.25) is 19.2 Å². The molecule has 2 rings (SSSR count). The van der Waals surface area contributed by atoms with Gasteiger partial charge in [0.05, 0.1) is 24.7 Å². The summed E-state index contributed by atoms with van der Waals surface area (Å²) in [6.07, 6.45) is 1.38. The van der Waals surface area contributed by atoms with Crippen LogP contribution in [0.3, 0.4) is 0 Å². The van der Waals surface area contributed by atoms with Crippen LogP contribution in [0.1, 0.15) is 25.1 Å². The Hall–Kier alpha value is -4.54. The average Bonchev–Trinajstić information content (AvgIpc) is 3.44. The number of benzene rings is 1. The van der Waals surface area contributed by atoms with E-state index in [1.165, 1.54) is 50.6 Å². The van der Waals surface area contributed by atoms with E-state index in [0.717, 1.165) is 0 Å². The first-order valence-corrected chi connectivity index (χ1v) is 12.6. The van der Waals surface area contributed by atoms with Crippen LogP contribution in [0.15, 0.2) is 36.8 Å². The Morgan fingerprint density at radius 2 is 1.46 bits per heavy atom. The van der Waals surface area contributed by atoms with Crippen LogP contribution in [-0.2, 0) is 36.8 Å². The van der Waals surface area contributed by atoms with Crippen LogP contribution in [0.25, 0.3) is 0 Å². The normalized spacial score (nSPS) is 15.3. The zero-order valence-corrected chi connectivity index (χ0v) is 22.4. The molecule has 41 heavy (non-hydrogen) atoms. The van der Waals surface area contributed by atoms with Gasteiger partial charge in [-0.15, -0.1) is 0 Å². The number of carboxylic acid groups (broad SMARTS) is 1. The first-order chi connectivity index (χ1) is 19.3. The lowest BCUT2D eigenvalue weighted by Gasteiger charge is -2.25. The Bertz CT molecular complexity index is 1190. The van der Waals surface area contributed by atoms with E-state index in [-0.39, 0.29) is 18.6 Å². The second-order valence-electron chi connectivity index (χ2n) is 9.34. The number of aromatic hydroxyl groups is 1. The van der Waals surface area contributed by atoms with E-state index in [1.807, 2.05) is 0 Å². The number of imidazole rings is 1. The number of aromatic amines is 1. The topological polar surface area (TPSA) is 269 Å². The van der Waals surface area contributed by atoms with E-state index in [9.17, 15) is 44.4 Å². The summed E-state index contributed by atoms with van der Waals surface area (Å²) < 4.78 is 0. The Morgan fingerprint density at radius 3 is 2.00 bits per heavy atom. The van der Waals surface area contributed by atoms with Gasteiger partial charge in [0, 0.05) is 19.0 Å². The Balaban J connectivity index is 2.07. The lowest BCUT2D eigenvalue weighted by atomic mass is 10.0. The predicted octanol–water partition coefficient (Wildman–Crippen LogP) is -3.36. The van der Waals surface area contributed by atoms with Gasteiger partial charge in [-0.25, -0.2) is 9.78 Å². The number of nitrogens with two attached hydrogens (primary N) is 1. The van der Waals surface area contributed by atoms with Crippen molar-refractivity contribution >= 4 is 29.6 Å². The smallest absolute Gasteiger partial charge is 0.326 e. The summed E-state index contributed by atoms with van der Waals surface area (Å²) in [5.41, 5.74) is 6.57. The molecule has 4 amide bonds. The molecule has 1 heterocycles. The Morgan fingerprint density at radius 1 is 0.878 bits per heavy atom. The fourth-order valence-electron chi connectivity index (χ4n) is 3.52. The van der Waals surface area contributed by atoms with Gasteiger partial charge in [0.2, 0.25) is 23.6 Å². The summed E-state index contributed by atoms with van der Waals surface area (Å²) >= 11 is 0. The highest BCUT2D eigenvalue weighted by atomic mass is 16.4. The van der Waals surface area contributed by atoms with Gasteiger partial charge in [-0.05, 0) is 31.5 Å². The predicted molar refractivity (Wildman–Crippen MR) is 142 cm³/mol. The fourth-order valence-corrected chi connectivity index (χ4v) is 3.52. The number of aliphatic hydroxyl groups is 2. The number of carbonyl (C=O) groups is 5. The highest BCUT2D eigenvalue weighted by Crippen LogP contribution is 2.12. The van der Waals surface area contributed by atoms with Crippen LogP contribution in [-0.4, -0.2) is 103 Å². The number of nitrogens with zero attached hydrogens (tertiary/aromatic N) is 1. The molecule has 0 unspecified atom stereocenters. The summed E-state index contributed by atoms with van der Waals surface area (Å²) in [6, 6.07) is -1.07. The quantitative estimate of drug-likeness (QED) is 0.0998. The monoisotopic (exact) mass is 577 g/mol. The molecule has 1 aromatic heterocycles. The van der Waals surface area contributed by atoms with Crippen molar-refractivity contribution < 1.29 is 44.4 Å². The van der Waals surface area contributed by atoms with Crippen molar-refractivity contribution in [3.63, 3.8) is 0 Å². The van der Waals surface area contributed by atoms with Gasteiger partial charge >= 0.3 is 5.97 Å². The van der Waals surface area contributed by atoms with Crippen molar-refractivity contribution in [2.45, 2.75) is 63.0 Å². The van der Waals surface area contributed by atoms with Crippen molar-refractivity contribution in [1.29, 1.82) is 0 Å². The first-order valence-electron chi connectivity index (χ1n) is 12.6. The van der Waals surface area contributed by atoms with E-state index in [0.29, 0.717) is 11.3 Å². The molecule has 0 spiro atoms. The Kier molecular flexibility index (Phi) is 12.2. The highest BCUT2D eigenvalue weighted by Gasteiger charge is 2.31. The number of aromatic nitrogens is 2. The van der Waals surface area contributed by atoms with Crippen molar-refractivity contribution in [1.82, 2.24) is 31.2 Å². The number of aliphatic carboxylic acids is 1. The SMILES string of the molecule is C[C@H](NC(=O)[C@H](CO)NC(=O)[C@H](Cc1ccc(O)cc1)NC(=O)[C@@H](N)[C@@H](C)O)C(=O)N[C@@H](Cc1c[nH]cn1)C(=O)O. The largest absolute Gasteiger partial charge is 0.508 e. The number of hydrogen-bond donors (Lipinski definition) is 10. The molecule has 16 heteroatoms. The van der Waals surface area contributed by atoms with Crippen LogP contribution < -0.4 is 27.0 Å². The maximum absolute atomic E-state index is 13.1. The molecule has 0 saturated heterocycles. The van der Waals surface area contributed by atoms with Gasteiger partial charge < -0.3 is 52.4 Å². The average molecular weight is 578 g/mol. The number of carboxylic acids is 1. The molecule has 6 atom stereocenters. The molecular weight excluding hydrogens is 542 g/mol. The van der Waals surface area contributed by atoms with Crippen LogP contribution in [0.4, 0.5) is 0 Å². The van der Waals surface area contributed by atoms with E-state index in [4.69, 9.17) is 5.73 Å². The summed E-state index contributed by atoms with van der Waals surface area (Å²) in [5.74, 6) is -4.89. The number of aliphatic hydroxyl groups excluding tert-OH is 2. The molecule has 0 aliphatic rings. The highest BCUT2D eigenvalue weighted by molar-refractivity contribution is 5.95. The maximum Gasteiger partial charge on any atom is 0.326 e. The van der Waals surface area contributed by atoms with Crippen LogP contribution in [0, 0.1) is 0 Å². The number of carbonyl (C=O) groups excluding carboxylic acids is 4. The van der Waals surface area contributed by atoms with Crippen molar-refractivity contribution in [2.24, 2.45) is 5.73 Å². The Labute approximate surface area is 234 Å². The molecule has 0 aliphatic heterocycles. The third kappa shape index (κ3) is 10.2. The fraction of sp³-hybridized carbons (Fsp3) is 0.440. The number of H-pyrrole nitrogens is 1. The van der Waals surface area contributed by atoms with Crippen molar-refractivity contribution in [3.8, 4) is 5.75 Å². The second kappa shape index (κ2) is 15.3. The summed E-state index contributed by atoms with van der Waals surface area (Å²) in [7, 11) is 0. The number of nitrogens with one attached hydrogen (secondary N) is 5. The molecule has 2 aromatic rings. The number of hydrogen-bond acceptors (Lipinski definition) is 10. The van der Waals surface area contributed by atoms with Crippen molar-refractivity contribution in [3.05, 3.63) is 48.0 Å². The van der Waals surface area contributed by atoms with Gasteiger partial charge in [-0.1, -0.05) is 12.1 Å². The molecule has 0 aliphatic carbocycles. The summed E-state index contributed by atoms with van der Waals surface area (Å²) in [5, 5.41) is 47.6. The second-order valence-corrected chi connectivity index (χ2v) is 9.34. The molecule has 224 valence electrons. The molecule has 0 saturated carbocycles. The van der Waals surface area contributed by atoms with Gasteiger partial charge in [0.15, 0.2) is 0 Å². The number of phenols is 1. The summed E-state index contributed by atoms with van der Waals surface area (Å²) in [4.78, 5) is 69.0. The van der Waals surface area contributed by atoms with Crippen molar-refractivity contribution in [2.75, 3.05) is 6.61 Å². The van der Waals surface area contributed by atoms with Gasteiger partial charge in [0.1, 0.15) is 36.0 Å². The molecule has 0 radical (unpaired) electrons. The number of amides is 4. The van der Waals surface area contributed by atoms with Crippen LogP contribution >= 0.6 is 0 Å². The minimum Gasteiger partial charge on any atom is -0.508 e. The van der Waals surface area contributed by atoms with E-state index < -0.39 is 72.5 Å². The zero-order valence-electron chi connectivity index (χ0n) is 22.4. The minimum atomic E-state index is -1.55. The van der Waals surface area contributed by atoms with Crippen LogP contribution in [0.5, 0.6) is 5.75 Å². The number of phenolic OH excluding ortho intramolecular Hbond substituents is 1.